The second-order valence-electron chi connectivity index (χ2n) is 2.88. The fourth-order valence-corrected chi connectivity index (χ4v) is 1.27. The first-order valence-corrected chi connectivity index (χ1v) is 4.27. The van der Waals surface area contributed by atoms with Crippen molar-refractivity contribution in [1.82, 2.24) is 4.98 Å². The standard InChI is InChI=1S/C9H8ClF2NO/c1-4-5(2)13-7(9(11)12)3-6(4)8(10)14/h3,9H,1-2H3. The molecule has 0 spiro atoms. The second kappa shape index (κ2) is 4.00. The van der Waals surface area contributed by atoms with Crippen LogP contribution in [-0.2, 0) is 0 Å². The van der Waals surface area contributed by atoms with Crippen molar-refractivity contribution in [3.63, 3.8) is 0 Å². The molecule has 0 unspecified atom stereocenters. The lowest BCUT2D eigenvalue weighted by Gasteiger charge is -2.07. The van der Waals surface area contributed by atoms with Crippen molar-refractivity contribution in [2.24, 2.45) is 0 Å². The molecule has 0 amide bonds. The van der Waals surface area contributed by atoms with E-state index >= 15 is 0 Å². The van der Waals surface area contributed by atoms with Gasteiger partial charge in [0.1, 0.15) is 5.69 Å². The Labute approximate surface area is 84.9 Å². The van der Waals surface area contributed by atoms with Crippen molar-refractivity contribution in [3.05, 3.63) is 28.6 Å². The van der Waals surface area contributed by atoms with Crippen LogP contribution in [0.25, 0.3) is 0 Å². The van der Waals surface area contributed by atoms with Gasteiger partial charge in [-0.2, -0.15) is 0 Å². The first-order valence-electron chi connectivity index (χ1n) is 3.89. The second-order valence-corrected chi connectivity index (χ2v) is 3.22. The molecular formula is C9H8ClF2NO. The number of rotatable bonds is 2. The first kappa shape index (κ1) is 11.0. The molecule has 0 atom stereocenters. The zero-order valence-electron chi connectivity index (χ0n) is 7.64. The third-order valence-corrected chi connectivity index (χ3v) is 2.17. The summed E-state index contributed by atoms with van der Waals surface area (Å²) in [5.41, 5.74) is 0.604. The van der Waals surface area contributed by atoms with Crippen molar-refractivity contribution in [2.75, 3.05) is 0 Å². The Kier molecular flexibility index (Phi) is 3.16. The maximum atomic E-state index is 12.3. The zero-order chi connectivity index (χ0) is 10.9. The van der Waals surface area contributed by atoms with E-state index in [4.69, 9.17) is 11.6 Å². The summed E-state index contributed by atoms with van der Waals surface area (Å²) in [6.07, 6.45) is -2.69. The third kappa shape index (κ3) is 2.07. The fourth-order valence-electron chi connectivity index (χ4n) is 1.08. The van der Waals surface area contributed by atoms with Gasteiger partial charge in [-0.15, -0.1) is 0 Å². The van der Waals surface area contributed by atoms with Crippen LogP contribution in [0.5, 0.6) is 0 Å². The van der Waals surface area contributed by atoms with Crippen LogP contribution in [-0.4, -0.2) is 10.2 Å². The highest BCUT2D eigenvalue weighted by atomic mass is 35.5. The molecule has 2 nitrogen and oxygen atoms in total. The Morgan fingerprint density at radius 3 is 2.50 bits per heavy atom. The van der Waals surface area contributed by atoms with Crippen LogP contribution in [0.15, 0.2) is 6.07 Å². The number of halogens is 3. The lowest BCUT2D eigenvalue weighted by atomic mass is 10.1. The van der Waals surface area contributed by atoms with E-state index in [9.17, 15) is 13.6 Å². The number of alkyl halides is 2. The molecule has 0 aromatic carbocycles. The van der Waals surface area contributed by atoms with Gasteiger partial charge < -0.3 is 0 Å². The summed E-state index contributed by atoms with van der Waals surface area (Å²) >= 11 is 5.25. The molecule has 1 rings (SSSR count). The Hall–Kier alpha value is -1.03. The normalized spacial score (nSPS) is 10.7. The smallest absolute Gasteiger partial charge is 0.276 e. The minimum atomic E-state index is -2.69. The van der Waals surface area contributed by atoms with Gasteiger partial charge in [0.15, 0.2) is 0 Å². The summed E-state index contributed by atoms with van der Waals surface area (Å²) in [4.78, 5) is 14.5. The number of pyridine rings is 1. The molecular weight excluding hydrogens is 212 g/mol. The Bertz CT molecular complexity index is 379. The number of hydrogen-bond donors (Lipinski definition) is 0. The van der Waals surface area contributed by atoms with Crippen molar-refractivity contribution in [2.45, 2.75) is 20.3 Å². The molecule has 1 aromatic heterocycles. The highest BCUT2D eigenvalue weighted by molar-refractivity contribution is 6.67. The van der Waals surface area contributed by atoms with E-state index in [1.54, 1.807) is 13.8 Å². The minimum absolute atomic E-state index is 0.0921. The van der Waals surface area contributed by atoms with Gasteiger partial charge in [-0.25, -0.2) is 8.78 Å². The molecule has 0 saturated heterocycles. The molecule has 5 heteroatoms. The largest absolute Gasteiger partial charge is 0.280 e. The topological polar surface area (TPSA) is 30.0 Å². The molecule has 0 aliphatic rings. The van der Waals surface area contributed by atoms with Crippen LogP contribution in [0.2, 0.25) is 0 Å². The van der Waals surface area contributed by atoms with Crippen molar-refractivity contribution < 1.29 is 13.6 Å². The minimum Gasteiger partial charge on any atom is -0.276 e. The van der Waals surface area contributed by atoms with E-state index in [-0.39, 0.29) is 5.56 Å². The summed E-state index contributed by atoms with van der Waals surface area (Å²) in [7, 11) is 0. The van der Waals surface area contributed by atoms with E-state index in [1.165, 1.54) is 0 Å². The zero-order valence-corrected chi connectivity index (χ0v) is 8.40. The van der Waals surface area contributed by atoms with Crippen molar-refractivity contribution >= 4 is 16.8 Å². The van der Waals surface area contributed by atoms with Gasteiger partial charge in [0, 0.05) is 11.3 Å². The molecule has 0 fully saturated rings. The molecule has 0 N–H and O–H groups in total. The Morgan fingerprint density at radius 2 is 2.07 bits per heavy atom. The lowest BCUT2D eigenvalue weighted by Crippen LogP contribution is -2.03. The number of aryl methyl sites for hydroxylation is 1. The first-order chi connectivity index (χ1) is 6.43. The number of aromatic nitrogens is 1. The van der Waals surface area contributed by atoms with Gasteiger partial charge in [-0.1, -0.05) is 0 Å². The van der Waals surface area contributed by atoms with E-state index in [0.717, 1.165) is 6.07 Å². The predicted octanol–water partition coefficient (Wildman–Crippen LogP) is 3.02. The van der Waals surface area contributed by atoms with Crippen LogP contribution in [0.1, 0.15) is 33.7 Å². The maximum Gasteiger partial charge on any atom is 0.280 e. The maximum absolute atomic E-state index is 12.3. The molecule has 0 aliphatic heterocycles. The number of carbonyl (C=O) groups is 1. The lowest BCUT2D eigenvalue weighted by molar-refractivity contribution is 0.107. The Morgan fingerprint density at radius 1 is 1.50 bits per heavy atom. The van der Waals surface area contributed by atoms with Gasteiger partial charge in [0.25, 0.3) is 11.7 Å². The highest BCUT2D eigenvalue weighted by Crippen LogP contribution is 2.22. The molecule has 0 bridgehead atoms. The monoisotopic (exact) mass is 219 g/mol. The summed E-state index contributed by atoms with van der Waals surface area (Å²) in [5, 5.41) is -0.741. The van der Waals surface area contributed by atoms with E-state index in [0.29, 0.717) is 11.3 Å². The van der Waals surface area contributed by atoms with E-state index < -0.39 is 17.4 Å². The highest BCUT2D eigenvalue weighted by Gasteiger charge is 2.16. The van der Waals surface area contributed by atoms with Gasteiger partial charge in [0.2, 0.25) is 0 Å². The quantitative estimate of drug-likeness (QED) is 0.716. The Balaban J connectivity index is 3.35. The molecule has 14 heavy (non-hydrogen) atoms. The average Bonchev–Trinajstić information content (AvgIpc) is 2.08. The van der Waals surface area contributed by atoms with Crippen molar-refractivity contribution in [3.8, 4) is 0 Å². The number of carbonyl (C=O) groups excluding carboxylic acids is 1. The predicted molar refractivity (Wildman–Crippen MR) is 48.9 cm³/mol. The fraction of sp³-hybridized carbons (Fsp3) is 0.333. The summed E-state index contributed by atoms with van der Waals surface area (Å²) < 4.78 is 24.6. The van der Waals surface area contributed by atoms with Gasteiger partial charge in [0.05, 0.1) is 0 Å². The van der Waals surface area contributed by atoms with Crippen LogP contribution >= 0.6 is 11.6 Å². The summed E-state index contributed by atoms with van der Waals surface area (Å²) in [6.45, 7) is 3.18. The molecule has 0 saturated carbocycles. The molecule has 1 aromatic rings. The van der Waals surface area contributed by atoms with Gasteiger partial charge in [-0.3, -0.25) is 9.78 Å². The van der Waals surface area contributed by atoms with Crippen LogP contribution < -0.4 is 0 Å². The van der Waals surface area contributed by atoms with E-state index in [1.807, 2.05) is 0 Å². The average molecular weight is 220 g/mol. The van der Waals surface area contributed by atoms with E-state index in [2.05, 4.69) is 4.98 Å². The third-order valence-electron chi connectivity index (χ3n) is 1.97. The van der Waals surface area contributed by atoms with Gasteiger partial charge >= 0.3 is 0 Å². The van der Waals surface area contributed by atoms with Gasteiger partial charge in [-0.05, 0) is 37.1 Å². The summed E-state index contributed by atoms with van der Waals surface area (Å²) in [5.74, 6) is 0. The summed E-state index contributed by atoms with van der Waals surface area (Å²) in [6, 6.07) is 1.03. The van der Waals surface area contributed by atoms with Crippen LogP contribution in [0, 0.1) is 13.8 Å². The van der Waals surface area contributed by atoms with Crippen LogP contribution in [0.3, 0.4) is 0 Å². The van der Waals surface area contributed by atoms with Crippen molar-refractivity contribution in [1.29, 1.82) is 0 Å². The molecule has 0 radical (unpaired) electrons. The SMILES string of the molecule is Cc1nc(C(F)F)cc(C(=O)Cl)c1C. The molecule has 0 aliphatic carbocycles. The molecule has 1 heterocycles. The number of hydrogen-bond acceptors (Lipinski definition) is 2. The number of nitrogens with zero attached hydrogens (tertiary/aromatic N) is 1. The van der Waals surface area contributed by atoms with Crippen LogP contribution in [0.4, 0.5) is 8.78 Å². The molecule has 76 valence electrons.